The average Bonchev–Trinajstić information content (AvgIpc) is 2.79. The van der Waals surface area contributed by atoms with E-state index in [2.05, 4.69) is 46.3 Å². The molecule has 0 aliphatic carbocycles. The normalized spacial score (nSPS) is 14.5. The molecule has 5 nitrogen and oxygen atoms in total. The molecule has 0 saturated carbocycles. The quantitative estimate of drug-likeness (QED) is 0.388. The van der Waals surface area contributed by atoms with Gasteiger partial charge in [-0.15, -0.1) is 0 Å². The second kappa shape index (κ2) is 9.77. The van der Waals surface area contributed by atoms with E-state index in [0.717, 1.165) is 41.6 Å². The van der Waals surface area contributed by atoms with Crippen molar-refractivity contribution >= 4 is 17.9 Å². The largest absolute Gasteiger partial charge is 0.469 e. The standard InChI is InChI=1S/C27H28N2O3/c1-19-15-21(13-14-28-19)26(25-6-4-3-5-22(25)18-30)12-9-20-7-10-24(11-8-20)29-16-23(17-29)27(31)32-2/h3-8,10-11,13-15,18,23,26H,9,12,16-17H2,1-2H3/t26-/m1/s1. The maximum atomic E-state index is 11.7. The Hall–Kier alpha value is -3.47. The molecule has 2 aromatic carbocycles. The number of anilines is 1. The molecule has 5 heteroatoms. The van der Waals surface area contributed by atoms with Gasteiger partial charge in [0.25, 0.3) is 0 Å². The summed E-state index contributed by atoms with van der Waals surface area (Å²) >= 11 is 0. The number of hydrogen-bond donors (Lipinski definition) is 0. The Morgan fingerprint density at radius 1 is 1.16 bits per heavy atom. The maximum Gasteiger partial charge on any atom is 0.312 e. The third kappa shape index (κ3) is 4.72. The van der Waals surface area contributed by atoms with Gasteiger partial charge in [-0.1, -0.05) is 36.4 Å². The minimum absolute atomic E-state index is 0.0258. The molecule has 1 aliphatic rings. The Labute approximate surface area is 189 Å². The summed E-state index contributed by atoms with van der Waals surface area (Å²) in [6.07, 6.45) is 4.57. The van der Waals surface area contributed by atoms with Crippen LogP contribution in [0, 0.1) is 12.8 Å². The first-order chi connectivity index (χ1) is 15.6. The zero-order valence-corrected chi connectivity index (χ0v) is 18.5. The number of pyridine rings is 1. The molecule has 1 aromatic heterocycles. The van der Waals surface area contributed by atoms with Crippen molar-refractivity contribution in [1.82, 2.24) is 4.98 Å². The first-order valence-corrected chi connectivity index (χ1v) is 11.0. The molecule has 0 spiro atoms. The SMILES string of the molecule is COC(=O)C1CN(c2ccc(CC[C@H](c3ccnc(C)c3)c3ccccc3C=O)cc2)C1. The summed E-state index contributed by atoms with van der Waals surface area (Å²) in [7, 11) is 1.44. The van der Waals surface area contributed by atoms with Gasteiger partial charge in [-0.25, -0.2) is 0 Å². The highest BCUT2D eigenvalue weighted by atomic mass is 16.5. The number of aryl methyl sites for hydroxylation is 2. The molecular formula is C27H28N2O3. The maximum absolute atomic E-state index is 11.7. The number of nitrogens with zero attached hydrogens (tertiary/aromatic N) is 2. The number of methoxy groups -OCH3 is 1. The number of esters is 1. The zero-order chi connectivity index (χ0) is 22.5. The Bertz CT molecular complexity index is 1090. The fourth-order valence-corrected chi connectivity index (χ4v) is 4.41. The molecule has 1 atom stereocenters. The van der Waals surface area contributed by atoms with Crippen LogP contribution in [-0.2, 0) is 16.0 Å². The van der Waals surface area contributed by atoms with Gasteiger partial charge in [-0.3, -0.25) is 14.6 Å². The van der Waals surface area contributed by atoms with Gasteiger partial charge in [0.15, 0.2) is 0 Å². The number of rotatable bonds is 8. The van der Waals surface area contributed by atoms with Crippen LogP contribution in [0.5, 0.6) is 0 Å². The van der Waals surface area contributed by atoms with Crippen molar-refractivity contribution in [1.29, 1.82) is 0 Å². The number of ether oxygens (including phenoxy) is 1. The van der Waals surface area contributed by atoms with Crippen molar-refractivity contribution in [2.24, 2.45) is 5.92 Å². The summed E-state index contributed by atoms with van der Waals surface area (Å²) in [6, 6.07) is 20.5. The molecule has 1 fully saturated rings. The Morgan fingerprint density at radius 3 is 2.59 bits per heavy atom. The Balaban J connectivity index is 1.48. The fourth-order valence-electron chi connectivity index (χ4n) is 4.41. The number of benzene rings is 2. The highest BCUT2D eigenvalue weighted by molar-refractivity contribution is 5.78. The van der Waals surface area contributed by atoms with Crippen molar-refractivity contribution in [3.05, 3.63) is 94.8 Å². The van der Waals surface area contributed by atoms with E-state index in [1.807, 2.05) is 37.4 Å². The van der Waals surface area contributed by atoms with E-state index in [-0.39, 0.29) is 17.8 Å². The Morgan fingerprint density at radius 2 is 1.91 bits per heavy atom. The molecular weight excluding hydrogens is 400 g/mol. The highest BCUT2D eigenvalue weighted by Gasteiger charge is 2.33. The van der Waals surface area contributed by atoms with Crippen LogP contribution in [-0.4, -0.2) is 37.4 Å². The number of hydrogen-bond acceptors (Lipinski definition) is 5. The number of carbonyl (C=O) groups excluding carboxylic acids is 2. The van der Waals surface area contributed by atoms with Gasteiger partial charge in [0.05, 0.1) is 13.0 Å². The van der Waals surface area contributed by atoms with Gasteiger partial charge in [0.1, 0.15) is 6.29 Å². The molecule has 0 bridgehead atoms. The molecule has 0 unspecified atom stereocenters. The number of aldehydes is 1. The third-order valence-electron chi connectivity index (χ3n) is 6.26. The minimum atomic E-state index is -0.133. The van der Waals surface area contributed by atoms with Crippen LogP contribution < -0.4 is 4.90 Å². The van der Waals surface area contributed by atoms with E-state index in [0.29, 0.717) is 13.1 Å². The highest BCUT2D eigenvalue weighted by Crippen LogP contribution is 2.32. The first kappa shape index (κ1) is 21.8. The molecule has 1 aliphatic heterocycles. The van der Waals surface area contributed by atoms with Crippen LogP contribution >= 0.6 is 0 Å². The van der Waals surface area contributed by atoms with Crippen molar-refractivity contribution in [2.45, 2.75) is 25.7 Å². The van der Waals surface area contributed by atoms with Gasteiger partial charge in [-0.05, 0) is 60.7 Å². The molecule has 4 rings (SSSR count). The van der Waals surface area contributed by atoms with Gasteiger partial charge < -0.3 is 9.64 Å². The van der Waals surface area contributed by atoms with Crippen molar-refractivity contribution < 1.29 is 14.3 Å². The van der Waals surface area contributed by atoms with Crippen LogP contribution in [0.15, 0.2) is 66.9 Å². The van der Waals surface area contributed by atoms with Gasteiger partial charge in [-0.2, -0.15) is 0 Å². The lowest BCUT2D eigenvalue weighted by Crippen LogP contribution is -2.50. The predicted molar refractivity (Wildman–Crippen MR) is 125 cm³/mol. The lowest BCUT2D eigenvalue weighted by molar-refractivity contribution is -0.146. The summed E-state index contributed by atoms with van der Waals surface area (Å²) < 4.78 is 4.82. The van der Waals surface area contributed by atoms with Crippen LogP contribution in [0.4, 0.5) is 5.69 Å². The number of aromatic nitrogens is 1. The van der Waals surface area contributed by atoms with Crippen LogP contribution in [0.25, 0.3) is 0 Å². The molecule has 0 N–H and O–H groups in total. The van der Waals surface area contributed by atoms with Crippen molar-refractivity contribution in [3.63, 3.8) is 0 Å². The van der Waals surface area contributed by atoms with E-state index < -0.39 is 0 Å². The van der Waals surface area contributed by atoms with Gasteiger partial charge in [0.2, 0.25) is 0 Å². The smallest absolute Gasteiger partial charge is 0.312 e. The Kier molecular flexibility index (Phi) is 6.64. The zero-order valence-electron chi connectivity index (χ0n) is 18.5. The first-order valence-electron chi connectivity index (χ1n) is 11.0. The minimum Gasteiger partial charge on any atom is -0.469 e. The predicted octanol–water partition coefficient (Wildman–Crippen LogP) is 4.58. The topological polar surface area (TPSA) is 59.5 Å². The van der Waals surface area contributed by atoms with Crippen LogP contribution in [0.2, 0.25) is 0 Å². The van der Waals surface area contributed by atoms with Crippen LogP contribution in [0.3, 0.4) is 0 Å². The second-order valence-electron chi connectivity index (χ2n) is 8.36. The van der Waals surface area contributed by atoms with Gasteiger partial charge >= 0.3 is 5.97 Å². The van der Waals surface area contributed by atoms with Gasteiger partial charge in [0, 0.05) is 42.1 Å². The van der Waals surface area contributed by atoms with Crippen LogP contribution in [0.1, 0.15) is 45.1 Å². The summed E-state index contributed by atoms with van der Waals surface area (Å²) in [5.41, 5.74) is 6.32. The summed E-state index contributed by atoms with van der Waals surface area (Å²) in [6.45, 7) is 3.40. The average molecular weight is 429 g/mol. The third-order valence-corrected chi connectivity index (χ3v) is 6.26. The molecule has 32 heavy (non-hydrogen) atoms. The van der Waals surface area contributed by atoms with E-state index in [1.54, 1.807) is 0 Å². The molecule has 2 heterocycles. The van der Waals surface area contributed by atoms with E-state index >= 15 is 0 Å². The fraction of sp³-hybridized carbons (Fsp3) is 0.296. The van der Waals surface area contributed by atoms with E-state index in [4.69, 9.17) is 4.74 Å². The number of carbonyl (C=O) groups is 2. The monoisotopic (exact) mass is 428 g/mol. The molecule has 164 valence electrons. The lowest BCUT2D eigenvalue weighted by atomic mass is 9.84. The molecule has 1 saturated heterocycles. The van der Waals surface area contributed by atoms with E-state index in [9.17, 15) is 9.59 Å². The second-order valence-corrected chi connectivity index (χ2v) is 8.36. The summed E-state index contributed by atoms with van der Waals surface area (Å²) in [5, 5.41) is 0. The molecule has 0 radical (unpaired) electrons. The van der Waals surface area contributed by atoms with Crippen molar-refractivity contribution in [2.75, 3.05) is 25.1 Å². The lowest BCUT2D eigenvalue weighted by Gasteiger charge is -2.39. The summed E-state index contributed by atoms with van der Waals surface area (Å²) in [5.74, 6) is -0.0398. The van der Waals surface area contributed by atoms with E-state index in [1.165, 1.54) is 18.2 Å². The molecule has 3 aromatic rings. The summed E-state index contributed by atoms with van der Waals surface area (Å²) in [4.78, 5) is 29.8. The van der Waals surface area contributed by atoms with Crippen molar-refractivity contribution in [3.8, 4) is 0 Å². The molecule has 0 amide bonds.